The maximum atomic E-state index is 13.0. The van der Waals surface area contributed by atoms with Crippen molar-refractivity contribution in [1.29, 1.82) is 0 Å². The van der Waals surface area contributed by atoms with Crippen LogP contribution in [-0.4, -0.2) is 30.7 Å². The molecule has 0 saturated heterocycles. The Morgan fingerprint density at radius 3 is 2.55 bits per heavy atom. The summed E-state index contributed by atoms with van der Waals surface area (Å²) in [4.78, 5) is 14.7. The van der Waals surface area contributed by atoms with Gasteiger partial charge in [0.1, 0.15) is 29.4 Å². The van der Waals surface area contributed by atoms with Crippen molar-refractivity contribution in [3.63, 3.8) is 0 Å². The van der Waals surface area contributed by atoms with E-state index in [9.17, 15) is 9.90 Å². The Morgan fingerprint density at radius 2 is 1.94 bits per heavy atom. The van der Waals surface area contributed by atoms with Gasteiger partial charge in [0.25, 0.3) is 5.91 Å². The Bertz CT molecular complexity index is 1070. The van der Waals surface area contributed by atoms with E-state index in [4.69, 9.17) is 9.47 Å². The lowest BCUT2D eigenvalue weighted by Gasteiger charge is -2.39. The molecule has 164 valence electrons. The number of hydrogen-bond donors (Lipinski definition) is 2. The number of anilines is 2. The van der Waals surface area contributed by atoms with Gasteiger partial charge in [0, 0.05) is 18.2 Å². The van der Waals surface area contributed by atoms with Gasteiger partial charge >= 0.3 is 0 Å². The lowest BCUT2D eigenvalue weighted by molar-refractivity contribution is -0.121. The highest BCUT2D eigenvalue weighted by Crippen LogP contribution is 2.45. The molecular weight excluding hydrogens is 392 g/mol. The monoisotopic (exact) mass is 422 g/mol. The van der Waals surface area contributed by atoms with E-state index in [1.54, 1.807) is 43.3 Å². The van der Waals surface area contributed by atoms with Gasteiger partial charge in [0.15, 0.2) is 0 Å². The number of carbonyl (C=O) groups is 1. The number of fused-ring (bicyclic) bond motifs is 1. The van der Waals surface area contributed by atoms with Crippen molar-refractivity contribution in [2.75, 3.05) is 24.4 Å². The summed E-state index contributed by atoms with van der Waals surface area (Å²) in [6.07, 6.45) is 1.68. The van der Waals surface area contributed by atoms with Crippen molar-refractivity contribution in [1.82, 2.24) is 0 Å². The third kappa shape index (κ3) is 4.10. The van der Waals surface area contributed by atoms with Gasteiger partial charge in [-0.05, 0) is 69.2 Å². The van der Waals surface area contributed by atoms with Crippen molar-refractivity contribution in [3.8, 4) is 22.6 Å². The molecule has 6 nitrogen and oxygen atoms in total. The minimum absolute atomic E-state index is 0.0487. The molecule has 0 spiro atoms. The van der Waals surface area contributed by atoms with Crippen molar-refractivity contribution >= 4 is 17.3 Å². The van der Waals surface area contributed by atoms with E-state index in [-0.39, 0.29) is 18.3 Å². The molecule has 3 rings (SSSR count). The molecule has 1 amide bonds. The predicted molar refractivity (Wildman–Crippen MR) is 125 cm³/mol. The molecule has 2 aromatic rings. The lowest BCUT2D eigenvalue weighted by atomic mass is 9.91. The molecule has 31 heavy (non-hydrogen) atoms. The number of carbonyl (C=O) groups excluding carboxylic acids is 1. The second-order valence-electron chi connectivity index (χ2n) is 8.34. The molecule has 0 unspecified atom stereocenters. The summed E-state index contributed by atoms with van der Waals surface area (Å²) >= 11 is 0. The molecular formula is C25H30N2O4. The first-order valence-corrected chi connectivity index (χ1v) is 10.1. The summed E-state index contributed by atoms with van der Waals surface area (Å²) in [6.45, 7) is 11.7. The van der Waals surface area contributed by atoms with Crippen LogP contribution in [-0.2, 0) is 16.1 Å². The van der Waals surface area contributed by atoms with Gasteiger partial charge in [-0.25, -0.2) is 0 Å². The van der Waals surface area contributed by atoms with E-state index >= 15 is 0 Å². The third-order valence-electron chi connectivity index (χ3n) is 5.43. The number of nitrogens with zero attached hydrogens (tertiary/aromatic N) is 1. The van der Waals surface area contributed by atoms with Crippen LogP contribution in [0.15, 0.2) is 54.3 Å². The van der Waals surface area contributed by atoms with Crippen LogP contribution >= 0.6 is 0 Å². The van der Waals surface area contributed by atoms with Crippen LogP contribution in [0.4, 0.5) is 11.4 Å². The van der Waals surface area contributed by atoms with Crippen LogP contribution in [0.1, 0.15) is 33.3 Å². The highest BCUT2D eigenvalue weighted by atomic mass is 16.5. The van der Waals surface area contributed by atoms with Crippen LogP contribution in [0.2, 0.25) is 0 Å². The molecule has 0 atom stereocenters. The molecule has 0 fully saturated rings. The molecule has 1 aliphatic heterocycles. The van der Waals surface area contributed by atoms with Gasteiger partial charge in [0.05, 0.1) is 18.5 Å². The second kappa shape index (κ2) is 8.38. The van der Waals surface area contributed by atoms with Gasteiger partial charge in [-0.15, -0.1) is 0 Å². The average molecular weight is 423 g/mol. The number of nitrogens with one attached hydrogen (secondary N) is 1. The Balaban J connectivity index is 2.26. The molecule has 2 N–H and O–H groups in total. The first-order valence-electron chi connectivity index (χ1n) is 10.1. The van der Waals surface area contributed by atoms with Gasteiger partial charge < -0.3 is 24.8 Å². The molecule has 1 aliphatic rings. The van der Waals surface area contributed by atoms with E-state index in [0.717, 1.165) is 28.1 Å². The van der Waals surface area contributed by atoms with E-state index in [1.807, 2.05) is 39.8 Å². The van der Waals surface area contributed by atoms with Crippen molar-refractivity contribution in [2.24, 2.45) is 0 Å². The zero-order valence-electron chi connectivity index (χ0n) is 19.0. The van der Waals surface area contributed by atoms with E-state index in [2.05, 4.69) is 11.9 Å². The van der Waals surface area contributed by atoms with Gasteiger partial charge in [-0.3, -0.25) is 4.79 Å². The zero-order valence-corrected chi connectivity index (χ0v) is 19.0. The molecule has 1 heterocycles. The normalized spacial score (nSPS) is 14.4. The number of amides is 1. The quantitative estimate of drug-likeness (QED) is 0.493. The Hall–Kier alpha value is -3.41. The zero-order chi connectivity index (χ0) is 22.9. The van der Waals surface area contributed by atoms with Crippen LogP contribution in [0.25, 0.3) is 11.1 Å². The van der Waals surface area contributed by atoms with Gasteiger partial charge in [0.2, 0.25) is 0 Å². The Morgan fingerprint density at radius 1 is 1.23 bits per heavy atom. The van der Waals surface area contributed by atoms with Crippen molar-refractivity contribution < 1.29 is 19.4 Å². The highest BCUT2D eigenvalue weighted by molar-refractivity contribution is 6.08. The fourth-order valence-corrected chi connectivity index (χ4v) is 3.89. The number of benzene rings is 2. The summed E-state index contributed by atoms with van der Waals surface area (Å²) in [5.74, 6) is 1.38. The van der Waals surface area contributed by atoms with E-state index in [1.165, 1.54) is 0 Å². The molecule has 0 aromatic heterocycles. The number of hydrogen-bond acceptors (Lipinski definition) is 5. The predicted octanol–water partition coefficient (Wildman–Crippen LogP) is 5.23. The molecule has 0 aliphatic carbocycles. The van der Waals surface area contributed by atoms with E-state index in [0.29, 0.717) is 17.1 Å². The maximum Gasteiger partial charge on any atom is 0.251 e. The fraction of sp³-hybridized carbons (Fsp3) is 0.320. The maximum absolute atomic E-state index is 13.0. The van der Waals surface area contributed by atoms with Crippen LogP contribution in [0, 0.1) is 0 Å². The summed E-state index contributed by atoms with van der Waals surface area (Å²) in [6, 6.07) is 8.85. The summed E-state index contributed by atoms with van der Waals surface area (Å²) in [7, 11) is 3.36. The Labute approximate surface area is 183 Å². The minimum Gasteiger partial charge on any atom is -0.508 e. The summed E-state index contributed by atoms with van der Waals surface area (Å²) in [5, 5.41) is 13.5. The van der Waals surface area contributed by atoms with Crippen molar-refractivity contribution in [2.45, 2.75) is 39.8 Å². The third-order valence-corrected chi connectivity index (χ3v) is 5.43. The molecule has 0 saturated carbocycles. The van der Waals surface area contributed by atoms with Crippen molar-refractivity contribution in [3.05, 3.63) is 59.9 Å². The number of rotatable bonds is 6. The van der Waals surface area contributed by atoms with Crippen LogP contribution in [0.5, 0.6) is 11.5 Å². The largest absolute Gasteiger partial charge is 0.508 e. The highest BCUT2D eigenvalue weighted by Gasteiger charge is 2.38. The standard InChI is InChI=1S/C25H30N2O4/c1-8-21(15(2)3)31-14-19-17(18-13-16(28)9-12-22(18)30-7)10-11-20-23(19)27(6)24(29)25(4,5)26-20/h8-13,26,28H,1,14H2,2-7H3. The van der Waals surface area contributed by atoms with Crippen LogP contribution in [0.3, 0.4) is 0 Å². The Kier molecular flexibility index (Phi) is 6.02. The molecule has 0 radical (unpaired) electrons. The van der Waals surface area contributed by atoms with Gasteiger partial charge in [-0.2, -0.15) is 0 Å². The summed E-state index contributed by atoms with van der Waals surface area (Å²) < 4.78 is 11.6. The molecule has 6 heteroatoms. The topological polar surface area (TPSA) is 71.0 Å². The number of phenols is 1. The first kappa shape index (κ1) is 22.3. The number of ether oxygens (including phenoxy) is 2. The first-order chi connectivity index (χ1) is 14.6. The average Bonchev–Trinajstić information content (AvgIpc) is 2.72. The number of aromatic hydroxyl groups is 1. The fourth-order valence-electron chi connectivity index (χ4n) is 3.89. The minimum atomic E-state index is -0.726. The molecule has 2 aromatic carbocycles. The number of allylic oxidation sites excluding steroid dienone is 2. The number of likely N-dealkylation sites (N-methyl/N-ethyl adjacent to an activating group) is 1. The summed E-state index contributed by atoms with van der Waals surface area (Å²) in [5.41, 5.74) is 4.18. The smallest absolute Gasteiger partial charge is 0.251 e. The molecule has 0 bridgehead atoms. The number of methoxy groups -OCH3 is 1. The lowest BCUT2D eigenvalue weighted by Crippen LogP contribution is -2.52. The second-order valence-corrected chi connectivity index (χ2v) is 8.34. The number of phenolic OH excluding ortho intramolecular Hbond substituents is 1. The van der Waals surface area contributed by atoms with E-state index < -0.39 is 5.54 Å². The van der Waals surface area contributed by atoms with Crippen LogP contribution < -0.4 is 15.0 Å². The SMILES string of the molecule is C=CC(OCc1c(-c2cc(O)ccc2OC)ccc2c1N(C)C(=O)C(C)(C)N2)=C(C)C. The van der Waals surface area contributed by atoms with Gasteiger partial charge in [-0.1, -0.05) is 12.6 Å².